The summed E-state index contributed by atoms with van der Waals surface area (Å²) in [6, 6.07) is 22.4. The van der Waals surface area contributed by atoms with Gasteiger partial charge in [0.1, 0.15) is 28.8 Å². The number of aromatic nitrogens is 2. The number of nitrogens with zero attached hydrogens (tertiary/aromatic N) is 2. The molecule has 4 rings (SSSR count). The van der Waals surface area contributed by atoms with Crippen LogP contribution in [0.1, 0.15) is 68.7 Å². The molecular weight excluding hydrogens is 620 g/mol. The van der Waals surface area contributed by atoms with Gasteiger partial charge in [-0.15, -0.1) is 6.58 Å². The molecule has 49 heavy (non-hydrogen) atoms. The molecule has 2 N–H and O–H groups in total. The Balaban J connectivity index is 1.43. The standard InChI is InChI=1S/C39H44N4O6/c1-9-13-31-25(2)40-33(27-14-11-10-12-15-27)43-34(31)41-29-20-18-28(19-21-29)35(44)47-30-22-16-26(17-23-30)24-32(36(45)48-38(3,4)5)42-37(46)49-39(6,7)8/h9-12,14-23,32H,1,13,24H2,2-8H3,(H,42,46)(H,40,41,43). The minimum atomic E-state index is -0.987. The lowest BCUT2D eigenvalue weighted by Crippen LogP contribution is -2.47. The van der Waals surface area contributed by atoms with Gasteiger partial charge in [-0.05, 0) is 96.8 Å². The topological polar surface area (TPSA) is 129 Å². The molecule has 4 aromatic rings. The molecule has 1 atom stereocenters. The fraction of sp³-hybridized carbons (Fsp3) is 0.308. The van der Waals surface area contributed by atoms with E-state index in [-0.39, 0.29) is 6.42 Å². The predicted molar refractivity (Wildman–Crippen MR) is 190 cm³/mol. The second-order valence-electron chi connectivity index (χ2n) is 13.5. The molecule has 0 saturated heterocycles. The summed E-state index contributed by atoms with van der Waals surface area (Å²) in [5.74, 6) is 0.476. The molecule has 0 fully saturated rings. The average Bonchev–Trinajstić information content (AvgIpc) is 3.02. The van der Waals surface area contributed by atoms with E-state index in [0.29, 0.717) is 34.9 Å². The molecule has 0 aliphatic heterocycles. The molecule has 0 saturated carbocycles. The van der Waals surface area contributed by atoms with E-state index in [1.807, 2.05) is 43.3 Å². The van der Waals surface area contributed by atoms with E-state index < -0.39 is 35.3 Å². The highest BCUT2D eigenvalue weighted by Crippen LogP contribution is 2.26. The first-order valence-corrected chi connectivity index (χ1v) is 16.0. The second kappa shape index (κ2) is 15.6. The molecule has 1 amide bonds. The van der Waals surface area contributed by atoms with Crippen LogP contribution in [0, 0.1) is 6.92 Å². The van der Waals surface area contributed by atoms with Crippen molar-refractivity contribution in [1.82, 2.24) is 15.3 Å². The molecule has 10 nitrogen and oxygen atoms in total. The van der Waals surface area contributed by atoms with Crippen molar-refractivity contribution in [3.63, 3.8) is 0 Å². The van der Waals surface area contributed by atoms with Crippen LogP contribution in [0.4, 0.5) is 16.3 Å². The van der Waals surface area contributed by atoms with Crippen molar-refractivity contribution in [2.75, 3.05) is 5.32 Å². The van der Waals surface area contributed by atoms with Crippen molar-refractivity contribution in [2.45, 2.75) is 78.6 Å². The zero-order chi connectivity index (χ0) is 35.8. The number of rotatable bonds is 11. The molecule has 1 unspecified atom stereocenters. The number of benzene rings is 3. The van der Waals surface area contributed by atoms with Crippen molar-refractivity contribution >= 4 is 29.5 Å². The number of amides is 1. The monoisotopic (exact) mass is 664 g/mol. The number of carbonyl (C=O) groups is 3. The van der Waals surface area contributed by atoms with Gasteiger partial charge < -0.3 is 24.8 Å². The van der Waals surface area contributed by atoms with Crippen LogP contribution < -0.4 is 15.4 Å². The lowest BCUT2D eigenvalue weighted by atomic mass is 10.1. The van der Waals surface area contributed by atoms with Gasteiger partial charge in [-0.1, -0.05) is 48.5 Å². The third-order valence-corrected chi connectivity index (χ3v) is 6.93. The van der Waals surface area contributed by atoms with E-state index in [0.717, 1.165) is 22.5 Å². The number of nitrogens with one attached hydrogen (secondary N) is 2. The number of aryl methyl sites for hydroxylation is 1. The quantitative estimate of drug-likeness (QED) is 0.0933. The van der Waals surface area contributed by atoms with E-state index in [2.05, 4.69) is 17.2 Å². The number of anilines is 2. The van der Waals surface area contributed by atoms with Gasteiger partial charge in [0.25, 0.3) is 0 Å². The van der Waals surface area contributed by atoms with Crippen LogP contribution in [0.5, 0.6) is 5.75 Å². The Bertz CT molecular complexity index is 1770. The van der Waals surface area contributed by atoms with Gasteiger partial charge in [0, 0.05) is 28.9 Å². The van der Waals surface area contributed by atoms with Crippen LogP contribution in [0.3, 0.4) is 0 Å². The average molecular weight is 665 g/mol. The van der Waals surface area contributed by atoms with Gasteiger partial charge in [-0.2, -0.15) is 0 Å². The minimum absolute atomic E-state index is 0.143. The van der Waals surface area contributed by atoms with E-state index in [4.69, 9.17) is 24.2 Å². The third kappa shape index (κ3) is 11.0. The van der Waals surface area contributed by atoms with Gasteiger partial charge in [0.2, 0.25) is 0 Å². The van der Waals surface area contributed by atoms with Gasteiger partial charge in [-0.25, -0.2) is 24.4 Å². The molecule has 0 spiro atoms. The van der Waals surface area contributed by atoms with Crippen molar-refractivity contribution in [2.24, 2.45) is 0 Å². The zero-order valence-corrected chi connectivity index (χ0v) is 29.1. The molecule has 1 aromatic heterocycles. The Morgan fingerprint density at radius 2 is 1.47 bits per heavy atom. The molecule has 1 heterocycles. The Morgan fingerprint density at radius 1 is 0.837 bits per heavy atom. The third-order valence-electron chi connectivity index (χ3n) is 6.93. The Labute approximate surface area is 287 Å². The zero-order valence-electron chi connectivity index (χ0n) is 29.1. The van der Waals surface area contributed by atoms with Gasteiger partial charge in [0.15, 0.2) is 5.82 Å². The SMILES string of the molecule is C=CCc1c(C)nc(-c2ccccc2)nc1Nc1ccc(C(=O)Oc2ccc(CC(NC(=O)OC(C)(C)C)C(=O)OC(C)(C)C)cc2)cc1. The lowest BCUT2D eigenvalue weighted by molar-refractivity contribution is -0.157. The summed E-state index contributed by atoms with van der Waals surface area (Å²) in [7, 11) is 0. The van der Waals surface area contributed by atoms with Crippen molar-refractivity contribution < 1.29 is 28.6 Å². The normalized spacial score (nSPS) is 12.0. The maximum absolute atomic E-state index is 13.0. The molecular formula is C39H44N4O6. The molecule has 256 valence electrons. The summed E-state index contributed by atoms with van der Waals surface area (Å²) in [5, 5.41) is 5.99. The Hall–Kier alpha value is -5.51. The van der Waals surface area contributed by atoms with Crippen molar-refractivity contribution in [3.05, 3.63) is 114 Å². The number of allylic oxidation sites excluding steroid dienone is 1. The molecule has 0 aliphatic carbocycles. The molecule has 0 aliphatic rings. The number of carbonyl (C=O) groups excluding carboxylic acids is 3. The van der Waals surface area contributed by atoms with Crippen LogP contribution >= 0.6 is 0 Å². The van der Waals surface area contributed by atoms with E-state index >= 15 is 0 Å². The van der Waals surface area contributed by atoms with Crippen LogP contribution in [-0.4, -0.2) is 45.2 Å². The largest absolute Gasteiger partial charge is 0.458 e. The van der Waals surface area contributed by atoms with Gasteiger partial charge >= 0.3 is 18.0 Å². The number of hydrogen-bond acceptors (Lipinski definition) is 9. The maximum Gasteiger partial charge on any atom is 0.408 e. The van der Waals surface area contributed by atoms with Crippen LogP contribution in [0.15, 0.2) is 91.5 Å². The van der Waals surface area contributed by atoms with Crippen molar-refractivity contribution in [1.29, 1.82) is 0 Å². The van der Waals surface area contributed by atoms with Crippen molar-refractivity contribution in [3.8, 4) is 17.1 Å². The second-order valence-corrected chi connectivity index (χ2v) is 13.5. The fourth-order valence-electron chi connectivity index (χ4n) is 4.74. The minimum Gasteiger partial charge on any atom is -0.458 e. The van der Waals surface area contributed by atoms with E-state index in [9.17, 15) is 14.4 Å². The first-order valence-electron chi connectivity index (χ1n) is 16.0. The number of hydrogen-bond donors (Lipinski definition) is 2. The number of ether oxygens (including phenoxy) is 3. The van der Waals surface area contributed by atoms with Crippen LogP contribution in [0.25, 0.3) is 11.4 Å². The molecule has 3 aromatic carbocycles. The fourth-order valence-corrected chi connectivity index (χ4v) is 4.74. The van der Waals surface area contributed by atoms with Crippen LogP contribution in [-0.2, 0) is 27.1 Å². The highest BCUT2D eigenvalue weighted by molar-refractivity contribution is 5.91. The summed E-state index contributed by atoms with van der Waals surface area (Å²) in [6.07, 6.45) is 1.82. The lowest BCUT2D eigenvalue weighted by Gasteiger charge is -2.26. The maximum atomic E-state index is 13.0. The van der Waals surface area contributed by atoms with Crippen LogP contribution in [0.2, 0.25) is 0 Å². The van der Waals surface area contributed by atoms with Gasteiger partial charge in [-0.3, -0.25) is 0 Å². The summed E-state index contributed by atoms with van der Waals surface area (Å²) in [5.41, 5.74) is 3.02. The van der Waals surface area contributed by atoms with E-state index in [1.54, 1.807) is 90.1 Å². The Kier molecular flexibility index (Phi) is 11.6. The summed E-state index contributed by atoms with van der Waals surface area (Å²) in [6.45, 7) is 16.3. The Morgan fingerprint density at radius 3 is 2.06 bits per heavy atom. The first kappa shape index (κ1) is 36.3. The predicted octanol–water partition coefficient (Wildman–Crippen LogP) is 7.92. The highest BCUT2D eigenvalue weighted by atomic mass is 16.6. The summed E-state index contributed by atoms with van der Waals surface area (Å²) in [4.78, 5) is 47.9. The highest BCUT2D eigenvalue weighted by Gasteiger charge is 2.29. The molecule has 10 heteroatoms. The van der Waals surface area contributed by atoms with Gasteiger partial charge in [0.05, 0.1) is 5.56 Å². The molecule has 0 bridgehead atoms. The first-order chi connectivity index (χ1) is 23.1. The smallest absolute Gasteiger partial charge is 0.408 e. The molecule has 0 radical (unpaired) electrons. The summed E-state index contributed by atoms with van der Waals surface area (Å²) >= 11 is 0. The number of alkyl carbamates (subject to hydrolysis) is 1. The summed E-state index contributed by atoms with van der Waals surface area (Å²) < 4.78 is 16.5. The number of esters is 2. The van der Waals surface area contributed by atoms with E-state index in [1.165, 1.54) is 0 Å².